The molecule has 2 atom stereocenters. The standard InChI is InChI=1S/C75H82BN3/c1-47-40-50(69(2,3)4)30-34-61(47)77-64-44-53(79-63-29-23-22-28-56(63)74(15)37-36-49-26-20-21-27-55(49)75(74,79)16)32-33-59(64)76-60-45-57-58(73(13,14)39-38-72(57,11)12)46-65(60)78(67-43-52(71(8,9)10)42-66(77)68(67)76)62-35-31-51(70(5,6)7)41-54(62)48-24-18-17-19-25-48/h17-35,40-46H,36-39H2,1-16H3. The van der Waals surface area contributed by atoms with Crippen LogP contribution in [0, 0.1) is 6.92 Å². The zero-order valence-corrected chi connectivity index (χ0v) is 50.3. The van der Waals surface area contributed by atoms with Crippen LogP contribution in [-0.2, 0) is 44.4 Å². The van der Waals surface area contributed by atoms with Crippen LogP contribution >= 0.6 is 0 Å². The highest BCUT2D eigenvalue weighted by molar-refractivity contribution is 7.00. The SMILES string of the molecule is Cc1cc(C(C)(C)C)ccc1N1c2cc(N3c4ccccc4C4(C)CCc5ccccc5C34C)ccc2B2c3cc4c(cc3N(c3ccc(C(C)(C)C)cc3-c3ccccc3)c3cc(C(C)(C)C)cc1c32)C(C)(C)CCC4(C)C. The lowest BCUT2D eigenvalue weighted by Crippen LogP contribution is -2.62. The molecule has 0 bridgehead atoms. The molecule has 3 heterocycles. The Labute approximate surface area is 474 Å². The molecule has 8 aromatic carbocycles. The molecule has 5 aliphatic rings. The second-order valence-electron chi connectivity index (χ2n) is 29.3. The average molecular weight is 1040 g/mol. The van der Waals surface area contributed by atoms with Gasteiger partial charge < -0.3 is 14.7 Å². The maximum Gasteiger partial charge on any atom is 0.252 e. The minimum absolute atomic E-state index is 0.00110. The number of anilines is 8. The Hall–Kier alpha value is -6.78. The molecule has 0 spiro atoms. The van der Waals surface area contributed by atoms with Crippen LogP contribution in [-0.4, -0.2) is 6.71 Å². The van der Waals surface area contributed by atoms with Gasteiger partial charge in [0, 0.05) is 50.8 Å². The first-order valence-electron chi connectivity index (χ1n) is 29.6. The number of fused-ring (bicyclic) bond motifs is 10. The van der Waals surface area contributed by atoms with Gasteiger partial charge in [-0.2, -0.15) is 0 Å². The lowest BCUT2D eigenvalue weighted by Gasteiger charge is -2.51. The molecule has 0 aromatic heterocycles. The summed E-state index contributed by atoms with van der Waals surface area (Å²) < 4.78 is 0. The lowest BCUT2D eigenvalue weighted by atomic mass is 9.33. The second kappa shape index (κ2) is 17.1. The third-order valence-corrected chi connectivity index (χ3v) is 20.3. The van der Waals surface area contributed by atoms with Gasteiger partial charge in [-0.15, -0.1) is 0 Å². The van der Waals surface area contributed by atoms with E-state index in [1.165, 1.54) is 123 Å². The van der Waals surface area contributed by atoms with Crippen LogP contribution < -0.4 is 31.1 Å². The number of rotatable bonds is 4. The molecule has 0 saturated carbocycles. The summed E-state index contributed by atoms with van der Waals surface area (Å²) in [4.78, 5) is 8.19. The van der Waals surface area contributed by atoms with Crippen molar-refractivity contribution in [2.24, 2.45) is 0 Å². The molecular weight excluding hydrogens is 954 g/mol. The smallest absolute Gasteiger partial charge is 0.252 e. The minimum atomic E-state index is -0.331. The molecule has 4 heteroatoms. The third-order valence-electron chi connectivity index (χ3n) is 20.3. The normalized spacial score (nSPS) is 20.4. The van der Waals surface area contributed by atoms with Crippen molar-refractivity contribution in [1.29, 1.82) is 0 Å². The summed E-state index contributed by atoms with van der Waals surface area (Å²) in [6, 6.07) is 62.8. The number of hydrogen-bond donors (Lipinski definition) is 0. The van der Waals surface area contributed by atoms with Crippen LogP contribution in [0.25, 0.3) is 11.1 Å². The van der Waals surface area contributed by atoms with Gasteiger partial charge in [0.25, 0.3) is 6.71 Å². The van der Waals surface area contributed by atoms with Crippen molar-refractivity contribution in [2.75, 3.05) is 14.7 Å². The van der Waals surface area contributed by atoms with E-state index in [1.807, 2.05) is 0 Å². The predicted octanol–water partition coefficient (Wildman–Crippen LogP) is 18.3. The zero-order valence-electron chi connectivity index (χ0n) is 50.3. The topological polar surface area (TPSA) is 9.72 Å². The van der Waals surface area contributed by atoms with Crippen molar-refractivity contribution < 1.29 is 0 Å². The molecule has 3 nitrogen and oxygen atoms in total. The van der Waals surface area contributed by atoms with Gasteiger partial charge in [0.1, 0.15) is 0 Å². The second-order valence-corrected chi connectivity index (χ2v) is 29.3. The number of para-hydroxylation sites is 1. The van der Waals surface area contributed by atoms with Crippen molar-refractivity contribution >= 4 is 68.6 Å². The fraction of sp³-hybridized carbons (Fsp3) is 0.360. The third kappa shape index (κ3) is 7.58. The van der Waals surface area contributed by atoms with E-state index in [0.29, 0.717) is 0 Å². The first kappa shape index (κ1) is 51.6. The van der Waals surface area contributed by atoms with E-state index >= 15 is 0 Å². The molecule has 0 radical (unpaired) electrons. The monoisotopic (exact) mass is 1040 g/mol. The van der Waals surface area contributed by atoms with Gasteiger partial charge in [-0.05, 0) is 193 Å². The van der Waals surface area contributed by atoms with Gasteiger partial charge in [0.05, 0.1) is 11.2 Å². The maximum atomic E-state index is 2.75. The van der Waals surface area contributed by atoms with Crippen LogP contribution in [0.15, 0.2) is 158 Å². The Balaban J connectivity index is 1.16. The Kier molecular flexibility index (Phi) is 11.2. The van der Waals surface area contributed by atoms with Crippen molar-refractivity contribution in [1.82, 2.24) is 0 Å². The Morgan fingerprint density at radius 2 is 0.975 bits per heavy atom. The van der Waals surface area contributed by atoms with E-state index in [1.54, 1.807) is 0 Å². The maximum absolute atomic E-state index is 2.75. The number of aryl methyl sites for hydroxylation is 2. The van der Waals surface area contributed by atoms with Gasteiger partial charge in [-0.3, -0.25) is 0 Å². The summed E-state index contributed by atoms with van der Waals surface area (Å²) in [5.41, 5.74) is 28.7. The van der Waals surface area contributed by atoms with Crippen LogP contribution in [0.2, 0.25) is 0 Å². The molecule has 0 N–H and O–H groups in total. The predicted molar refractivity (Wildman–Crippen MR) is 340 cm³/mol. The number of nitrogens with zero attached hydrogens (tertiary/aromatic N) is 3. The summed E-state index contributed by atoms with van der Waals surface area (Å²) in [5.74, 6) is 0. The van der Waals surface area contributed by atoms with Gasteiger partial charge in [0.15, 0.2) is 0 Å². The highest BCUT2D eigenvalue weighted by atomic mass is 15.3. The quantitative estimate of drug-likeness (QED) is 0.163. The van der Waals surface area contributed by atoms with Gasteiger partial charge in [0.2, 0.25) is 0 Å². The van der Waals surface area contributed by atoms with Crippen LogP contribution in [0.5, 0.6) is 0 Å². The van der Waals surface area contributed by atoms with Crippen LogP contribution in [0.4, 0.5) is 45.5 Å². The fourth-order valence-electron chi connectivity index (χ4n) is 15.2. The summed E-state index contributed by atoms with van der Waals surface area (Å²) >= 11 is 0. The molecule has 2 aliphatic carbocycles. The van der Waals surface area contributed by atoms with Crippen molar-refractivity contribution in [3.8, 4) is 11.1 Å². The lowest BCUT2D eigenvalue weighted by molar-refractivity contribution is 0.245. The Morgan fingerprint density at radius 3 is 1.62 bits per heavy atom. The first-order chi connectivity index (χ1) is 37.2. The van der Waals surface area contributed by atoms with E-state index in [2.05, 4.69) is 283 Å². The molecule has 3 aliphatic heterocycles. The van der Waals surface area contributed by atoms with E-state index in [9.17, 15) is 0 Å². The van der Waals surface area contributed by atoms with Gasteiger partial charge >= 0.3 is 0 Å². The molecule has 0 amide bonds. The van der Waals surface area contributed by atoms with Gasteiger partial charge in [-0.25, -0.2) is 0 Å². The summed E-state index contributed by atoms with van der Waals surface area (Å²) in [7, 11) is 0. The molecule has 0 saturated heterocycles. The van der Waals surface area contributed by atoms with E-state index in [0.717, 1.165) is 25.7 Å². The number of hydrogen-bond acceptors (Lipinski definition) is 3. The summed E-state index contributed by atoms with van der Waals surface area (Å²) in [6.45, 7) is 38.7. The molecule has 79 heavy (non-hydrogen) atoms. The van der Waals surface area contributed by atoms with Crippen LogP contribution in [0.3, 0.4) is 0 Å². The Bertz CT molecular complexity index is 3820. The Morgan fingerprint density at radius 1 is 0.418 bits per heavy atom. The minimum Gasteiger partial charge on any atom is -0.330 e. The molecule has 8 aromatic rings. The van der Waals surface area contributed by atoms with Crippen molar-refractivity contribution in [2.45, 2.75) is 174 Å². The largest absolute Gasteiger partial charge is 0.330 e. The highest BCUT2D eigenvalue weighted by Crippen LogP contribution is 2.64. The summed E-state index contributed by atoms with van der Waals surface area (Å²) in [6.07, 6.45) is 4.47. The van der Waals surface area contributed by atoms with E-state index < -0.39 is 0 Å². The number of benzene rings is 8. The van der Waals surface area contributed by atoms with Gasteiger partial charge in [-0.1, -0.05) is 200 Å². The molecular formula is C75H82BN3. The average Bonchev–Trinajstić information content (AvgIpc) is 2.29. The van der Waals surface area contributed by atoms with Crippen molar-refractivity contribution in [3.63, 3.8) is 0 Å². The van der Waals surface area contributed by atoms with E-state index in [-0.39, 0.29) is 44.7 Å². The summed E-state index contributed by atoms with van der Waals surface area (Å²) in [5, 5.41) is 0. The van der Waals surface area contributed by atoms with Crippen molar-refractivity contribution in [3.05, 3.63) is 208 Å². The molecule has 400 valence electrons. The molecule has 2 unspecified atom stereocenters. The first-order valence-corrected chi connectivity index (χ1v) is 29.6. The molecule has 0 fully saturated rings. The van der Waals surface area contributed by atoms with Crippen LogP contribution in [0.1, 0.15) is 173 Å². The fourth-order valence-corrected chi connectivity index (χ4v) is 15.2. The molecule has 13 rings (SSSR count). The highest BCUT2D eigenvalue weighted by Gasteiger charge is 2.60. The van der Waals surface area contributed by atoms with E-state index in [4.69, 9.17) is 0 Å². The zero-order chi connectivity index (χ0) is 55.7.